The number of rotatable bonds is 7. The quantitative estimate of drug-likeness (QED) is 0.801. The fourth-order valence-corrected chi connectivity index (χ4v) is 1.70. The first-order chi connectivity index (χ1) is 9.47. The molecule has 1 aromatic carbocycles. The molecule has 20 heavy (non-hydrogen) atoms. The van der Waals surface area contributed by atoms with E-state index in [1.165, 1.54) is 0 Å². The van der Waals surface area contributed by atoms with E-state index in [1.54, 1.807) is 13.2 Å². The van der Waals surface area contributed by atoms with Crippen LogP contribution in [-0.4, -0.2) is 25.7 Å². The Morgan fingerprint density at radius 1 is 1.40 bits per heavy atom. The molecule has 0 fully saturated rings. The molecule has 3 N–H and O–H groups in total. The van der Waals surface area contributed by atoms with E-state index >= 15 is 0 Å². The number of benzene rings is 1. The van der Waals surface area contributed by atoms with Crippen LogP contribution in [0.4, 0.5) is 0 Å². The fourth-order valence-electron chi connectivity index (χ4n) is 1.70. The highest BCUT2D eigenvalue weighted by molar-refractivity contribution is 5.77. The number of nitrogens with one attached hydrogen (secondary N) is 1. The van der Waals surface area contributed by atoms with Gasteiger partial charge in [0.05, 0.1) is 7.11 Å². The highest BCUT2D eigenvalue weighted by Gasteiger charge is 2.12. The van der Waals surface area contributed by atoms with Gasteiger partial charge in [-0.2, -0.15) is 0 Å². The van der Waals surface area contributed by atoms with Crippen molar-refractivity contribution in [2.45, 2.75) is 39.3 Å². The predicted octanol–water partition coefficient (Wildman–Crippen LogP) is 2.01. The molecule has 0 aliphatic heterocycles. The maximum Gasteiger partial charge on any atom is 0.258 e. The first-order valence-corrected chi connectivity index (χ1v) is 6.83. The molecule has 5 nitrogen and oxygen atoms in total. The zero-order chi connectivity index (χ0) is 15.1. The average molecular weight is 280 g/mol. The van der Waals surface area contributed by atoms with E-state index in [-0.39, 0.29) is 24.6 Å². The number of carbonyl (C=O) groups excluding carboxylic acids is 1. The van der Waals surface area contributed by atoms with Crippen LogP contribution in [-0.2, 0) is 4.79 Å². The van der Waals surface area contributed by atoms with Gasteiger partial charge in [0.15, 0.2) is 6.61 Å². The Morgan fingerprint density at radius 3 is 2.65 bits per heavy atom. The van der Waals surface area contributed by atoms with Gasteiger partial charge in [0.25, 0.3) is 5.91 Å². The van der Waals surface area contributed by atoms with Crippen LogP contribution < -0.4 is 20.5 Å². The summed E-state index contributed by atoms with van der Waals surface area (Å²) in [6, 6.07) is 5.39. The van der Waals surface area contributed by atoms with Crippen molar-refractivity contribution in [1.82, 2.24) is 5.32 Å². The molecule has 5 heteroatoms. The number of amides is 1. The number of hydrogen-bond donors (Lipinski definition) is 2. The van der Waals surface area contributed by atoms with Crippen LogP contribution >= 0.6 is 0 Å². The zero-order valence-corrected chi connectivity index (χ0v) is 12.6. The molecule has 1 rings (SSSR count). The van der Waals surface area contributed by atoms with Crippen molar-refractivity contribution in [2.75, 3.05) is 13.7 Å². The lowest BCUT2D eigenvalue weighted by atomic mass is 10.1. The molecule has 0 spiro atoms. The number of nitrogens with two attached hydrogens (primary N) is 1. The smallest absolute Gasteiger partial charge is 0.258 e. The zero-order valence-electron chi connectivity index (χ0n) is 12.6. The van der Waals surface area contributed by atoms with E-state index in [2.05, 4.69) is 5.32 Å². The lowest BCUT2D eigenvalue weighted by molar-refractivity contribution is -0.123. The van der Waals surface area contributed by atoms with E-state index in [9.17, 15) is 4.79 Å². The van der Waals surface area contributed by atoms with Crippen molar-refractivity contribution in [3.8, 4) is 11.5 Å². The topological polar surface area (TPSA) is 73.6 Å². The van der Waals surface area contributed by atoms with Gasteiger partial charge in [-0.15, -0.1) is 0 Å². The summed E-state index contributed by atoms with van der Waals surface area (Å²) in [4.78, 5) is 11.7. The Labute approximate surface area is 120 Å². The maximum atomic E-state index is 11.7. The predicted molar refractivity (Wildman–Crippen MR) is 79.0 cm³/mol. The summed E-state index contributed by atoms with van der Waals surface area (Å²) in [6.45, 7) is 5.81. The Hall–Kier alpha value is -1.75. The summed E-state index contributed by atoms with van der Waals surface area (Å²) in [5.74, 6) is 1.11. The standard InChI is InChI=1S/C15H24N2O3/c1-5-10(2)17-15(18)9-20-14-8-12(19-4)6-7-13(14)11(3)16/h6-8,10-11H,5,9,16H2,1-4H3,(H,17,18)/t10?,11-/m1/s1. The van der Waals surface area contributed by atoms with Crippen molar-refractivity contribution in [3.63, 3.8) is 0 Å². The summed E-state index contributed by atoms with van der Waals surface area (Å²) in [7, 11) is 1.58. The summed E-state index contributed by atoms with van der Waals surface area (Å²) in [6.07, 6.45) is 0.885. The molecular weight excluding hydrogens is 256 g/mol. The number of hydrogen-bond acceptors (Lipinski definition) is 4. The molecule has 1 aromatic rings. The normalized spacial score (nSPS) is 13.4. The first-order valence-electron chi connectivity index (χ1n) is 6.83. The van der Waals surface area contributed by atoms with Gasteiger partial charge in [0.2, 0.25) is 0 Å². The largest absolute Gasteiger partial charge is 0.497 e. The van der Waals surface area contributed by atoms with Crippen LogP contribution in [0.1, 0.15) is 38.8 Å². The van der Waals surface area contributed by atoms with Crippen LogP contribution in [0.15, 0.2) is 18.2 Å². The number of methoxy groups -OCH3 is 1. The van der Waals surface area contributed by atoms with E-state index in [0.29, 0.717) is 11.5 Å². The van der Waals surface area contributed by atoms with Gasteiger partial charge in [-0.05, 0) is 26.3 Å². The lowest BCUT2D eigenvalue weighted by Crippen LogP contribution is -2.35. The van der Waals surface area contributed by atoms with Crippen LogP contribution in [0, 0.1) is 0 Å². The van der Waals surface area contributed by atoms with Gasteiger partial charge < -0.3 is 20.5 Å². The third kappa shape index (κ3) is 4.74. The van der Waals surface area contributed by atoms with Gasteiger partial charge >= 0.3 is 0 Å². The average Bonchev–Trinajstić information content (AvgIpc) is 2.44. The Balaban J connectivity index is 2.72. The minimum atomic E-state index is -0.173. The van der Waals surface area contributed by atoms with Crippen molar-refractivity contribution in [2.24, 2.45) is 5.73 Å². The van der Waals surface area contributed by atoms with Crippen molar-refractivity contribution in [1.29, 1.82) is 0 Å². The molecule has 0 aromatic heterocycles. The molecule has 0 heterocycles. The Bertz CT molecular complexity index is 447. The van der Waals surface area contributed by atoms with Gasteiger partial charge in [0, 0.05) is 23.7 Å². The van der Waals surface area contributed by atoms with Gasteiger partial charge in [-0.25, -0.2) is 0 Å². The van der Waals surface area contributed by atoms with Crippen molar-refractivity contribution >= 4 is 5.91 Å². The van der Waals surface area contributed by atoms with Gasteiger partial charge in [-0.1, -0.05) is 13.0 Å². The molecule has 0 aliphatic rings. The third-order valence-corrected chi connectivity index (χ3v) is 3.09. The summed E-state index contributed by atoms with van der Waals surface area (Å²) < 4.78 is 10.7. The minimum absolute atomic E-state index is 0.0305. The molecule has 0 radical (unpaired) electrons. The minimum Gasteiger partial charge on any atom is -0.497 e. The van der Waals surface area contributed by atoms with Crippen molar-refractivity contribution in [3.05, 3.63) is 23.8 Å². The molecule has 1 unspecified atom stereocenters. The number of ether oxygens (including phenoxy) is 2. The van der Waals surface area contributed by atoms with Gasteiger partial charge in [0.1, 0.15) is 11.5 Å². The Kier molecular flexibility index (Phi) is 6.31. The highest BCUT2D eigenvalue weighted by atomic mass is 16.5. The molecule has 0 saturated carbocycles. The molecule has 0 bridgehead atoms. The van der Waals surface area contributed by atoms with E-state index in [1.807, 2.05) is 32.9 Å². The molecule has 0 saturated heterocycles. The van der Waals surface area contributed by atoms with Crippen LogP contribution in [0.3, 0.4) is 0 Å². The second-order valence-corrected chi connectivity index (χ2v) is 4.86. The number of carbonyl (C=O) groups is 1. The SMILES string of the molecule is CCC(C)NC(=O)COc1cc(OC)ccc1[C@@H](C)N. The second kappa shape index (κ2) is 7.75. The maximum absolute atomic E-state index is 11.7. The van der Waals surface area contributed by atoms with E-state index < -0.39 is 0 Å². The molecular formula is C15H24N2O3. The van der Waals surface area contributed by atoms with Crippen LogP contribution in [0.2, 0.25) is 0 Å². The lowest BCUT2D eigenvalue weighted by Gasteiger charge is -2.16. The monoisotopic (exact) mass is 280 g/mol. The molecule has 112 valence electrons. The first kappa shape index (κ1) is 16.3. The van der Waals surface area contributed by atoms with Crippen molar-refractivity contribution < 1.29 is 14.3 Å². The van der Waals surface area contributed by atoms with Gasteiger partial charge in [-0.3, -0.25) is 4.79 Å². The van der Waals surface area contributed by atoms with E-state index in [4.69, 9.17) is 15.2 Å². The summed E-state index contributed by atoms with van der Waals surface area (Å²) in [5.41, 5.74) is 6.74. The third-order valence-electron chi connectivity index (χ3n) is 3.09. The molecule has 0 aliphatic carbocycles. The van der Waals surface area contributed by atoms with Crippen LogP contribution in [0.25, 0.3) is 0 Å². The fraction of sp³-hybridized carbons (Fsp3) is 0.533. The van der Waals surface area contributed by atoms with E-state index in [0.717, 1.165) is 12.0 Å². The highest BCUT2D eigenvalue weighted by Crippen LogP contribution is 2.28. The summed E-state index contributed by atoms with van der Waals surface area (Å²) >= 11 is 0. The Morgan fingerprint density at radius 2 is 2.10 bits per heavy atom. The second-order valence-electron chi connectivity index (χ2n) is 4.86. The summed E-state index contributed by atoms with van der Waals surface area (Å²) in [5, 5.41) is 2.85. The molecule has 1 amide bonds. The van der Waals surface area contributed by atoms with Crippen LogP contribution in [0.5, 0.6) is 11.5 Å². The molecule has 2 atom stereocenters.